The van der Waals surface area contributed by atoms with Crippen LogP contribution in [0.5, 0.6) is 0 Å². The number of rotatable bonds is 12. The maximum absolute atomic E-state index is 5.80. The molecule has 1 aliphatic heterocycles. The largest absolute Gasteiger partial charge is 0.329 e. The molecule has 0 aliphatic carbocycles. The molecule has 0 aromatic rings. The summed E-state index contributed by atoms with van der Waals surface area (Å²) in [5, 5.41) is 0. The summed E-state index contributed by atoms with van der Waals surface area (Å²) in [6.45, 7) is 5.73. The Bertz CT molecular complexity index is 194. The fourth-order valence-corrected chi connectivity index (χ4v) is 3.26. The van der Waals surface area contributed by atoms with Gasteiger partial charge in [0, 0.05) is 12.6 Å². The molecule has 1 heterocycles. The molecule has 0 aromatic carbocycles. The van der Waals surface area contributed by atoms with E-state index in [4.69, 9.17) is 5.73 Å². The molecule has 0 amide bonds. The minimum absolute atomic E-state index is 0.693. The Morgan fingerprint density at radius 2 is 1.47 bits per heavy atom. The molecule has 0 radical (unpaired) electrons. The zero-order valence-corrected chi connectivity index (χ0v) is 13.2. The van der Waals surface area contributed by atoms with Gasteiger partial charge in [0.25, 0.3) is 0 Å². The van der Waals surface area contributed by atoms with Crippen molar-refractivity contribution >= 4 is 0 Å². The first-order chi connectivity index (χ1) is 9.38. The zero-order valence-electron chi connectivity index (χ0n) is 13.2. The van der Waals surface area contributed by atoms with Crippen LogP contribution in [0.15, 0.2) is 0 Å². The summed E-state index contributed by atoms with van der Waals surface area (Å²) in [5.41, 5.74) is 5.80. The summed E-state index contributed by atoms with van der Waals surface area (Å²) >= 11 is 0. The number of hydrogen-bond acceptors (Lipinski definition) is 2. The molecule has 1 unspecified atom stereocenters. The van der Waals surface area contributed by atoms with Crippen LogP contribution in [0.25, 0.3) is 0 Å². The molecule has 114 valence electrons. The van der Waals surface area contributed by atoms with Crippen molar-refractivity contribution in [3.63, 3.8) is 0 Å². The molecule has 2 nitrogen and oxygen atoms in total. The lowest BCUT2D eigenvalue weighted by molar-refractivity contribution is 0.252. The summed E-state index contributed by atoms with van der Waals surface area (Å²) in [6.07, 6.45) is 17.0. The van der Waals surface area contributed by atoms with Crippen LogP contribution in [0.2, 0.25) is 0 Å². The van der Waals surface area contributed by atoms with E-state index in [9.17, 15) is 0 Å². The standard InChI is InChI=1S/C17H36N2/c1-2-3-4-5-6-7-8-9-10-11-14-19-15-12-13-17(19)16-18/h17H,2-16,18H2,1H3. The highest BCUT2D eigenvalue weighted by molar-refractivity contribution is 4.79. The zero-order chi connectivity index (χ0) is 13.8. The van der Waals surface area contributed by atoms with Crippen LogP contribution in [0, 0.1) is 0 Å². The highest BCUT2D eigenvalue weighted by atomic mass is 15.2. The Morgan fingerprint density at radius 1 is 0.895 bits per heavy atom. The SMILES string of the molecule is CCCCCCCCCCCCN1CCCC1CN. The van der Waals surface area contributed by atoms with E-state index in [1.54, 1.807) is 0 Å². The molecule has 2 N–H and O–H groups in total. The van der Waals surface area contributed by atoms with Gasteiger partial charge >= 0.3 is 0 Å². The molecule has 2 heteroatoms. The fraction of sp³-hybridized carbons (Fsp3) is 1.00. The van der Waals surface area contributed by atoms with E-state index in [1.807, 2.05) is 0 Å². The van der Waals surface area contributed by atoms with Gasteiger partial charge in [-0.3, -0.25) is 4.90 Å². The minimum atomic E-state index is 0.693. The van der Waals surface area contributed by atoms with Crippen molar-refractivity contribution in [3.05, 3.63) is 0 Å². The number of nitrogens with two attached hydrogens (primary N) is 1. The normalized spacial score (nSPS) is 20.2. The predicted octanol–water partition coefficient (Wildman–Crippen LogP) is 4.33. The Balaban J connectivity index is 1.81. The molecule has 0 aromatic heterocycles. The first kappa shape index (κ1) is 17.0. The lowest BCUT2D eigenvalue weighted by atomic mass is 10.1. The van der Waals surface area contributed by atoms with Crippen molar-refractivity contribution in [2.75, 3.05) is 19.6 Å². The van der Waals surface area contributed by atoms with Gasteiger partial charge in [0.1, 0.15) is 0 Å². The number of likely N-dealkylation sites (tertiary alicyclic amines) is 1. The van der Waals surface area contributed by atoms with E-state index in [2.05, 4.69) is 11.8 Å². The van der Waals surface area contributed by atoms with Crippen LogP contribution in [0.3, 0.4) is 0 Å². The van der Waals surface area contributed by atoms with Crippen LogP contribution in [0.4, 0.5) is 0 Å². The van der Waals surface area contributed by atoms with Gasteiger partial charge in [0.2, 0.25) is 0 Å². The third kappa shape index (κ3) is 7.94. The summed E-state index contributed by atoms with van der Waals surface area (Å²) in [6, 6.07) is 0.693. The molecule has 1 atom stereocenters. The summed E-state index contributed by atoms with van der Waals surface area (Å²) in [4.78, 5) is 2.62. The van der Waals surface area contributed by atoms with Gasteiger partial charge in [0.05, 0.1) is 0 Å². The second-order valence-corrected chi connectivity index (χ2v) is 6.25. The van der Waals surface area contributed by atoms with Crippen molar-refractivity contribution in [2.45, 2.75) is 90.0 Å². The molecule has 0 spiro atoms. The first-order valence-electron chi connectivity index (χ1n) is 8.82. The Labute approximate surface area is 121 Å². The lowest BCUT2D eigenvalue weighted by Crippen LogP contribution is -2.35. The fourth-order valence-electron chi connectivity index (χ4n) is 3.26. The Kier molecular flexibility index (Phi) is 10.5. The molecule has 1 fully saturated rings. The molecule has 1 rings (SSSR count). The van der Waals surface area contributed by atoms with Crippen LogP contribution in [0.1, 0.15) is 84.0 Å². The van der Waals surface area contributed by atoms with Crippen LogP contribution < -0.4 is 5.73 Å². The quantitative estimate of drug-likeness (QED) is 0.534. The maximum atomic E-state index is 5.80. The van der Waals surface area contributed by atoms with Crippen LogP contribution in [-0.2, 0) is 0 Å². The van der Waals surface area contributed by atoms with Crippen LogP contribution >= 0.6 is 0 Å². The van der Waals surface area contributed by atoms with Gasteiger partial charge < -0.3 is 5.73 Å². The Morgan fingerprint density at radius 3 is 2.05 bits per heavy atom. The summed E-state index contributed by atoms with van der Waals surface area (Å²) in [7, 11) is 0. The van der Waals surface area contributed by atoms with Gasteiger partial charge in [-0.05, 0) is 32.4 Å². The molecular weight excluding hydrogens is 232 g/mol. The van der Waals surface area contributed by atoms with E-state index >= 15 is 0 Å². The van der Waals surface area contributed by atoms with Crippen molar-refractivity contribution in [3.8, 4) is 0 Å². The van der Waals surface area contributed by atoms with E-state index in [0.717, 1.165) is 6.54 Å². The molecule has 1 aliphatic rings. The molecule has 19 heavy (non-hydrogen) atoms. The highest BCUT2D eigenvalue weighted by Crippen LogP contribution is 2.17. The predicted molar refractivity (Wildman–Crippen MR) is 85.5 cm³/mol. The van der Waals surface area contributed by atoms with Crippen LogP contribution in [-0.4, -0.2) is 30.6 Å². The maximum Gasteiger partial charge on any atom is 0.0218 e. The first-order valence-corrected chi connectivity index (χ1v) is 8.82. The van der Waals surface area contributed by atoms with E-state index in [0.29, 0.717) is 6.04 Å². The summed E-state index contributed by atoms with van der Waals surface area (Å²) < 4.78 is 0. The van der Waals surface area contributed by atoms with E-state index in [-0.39, 0.29) is 0 Å². The van der Waals surface area contributed by atoms with Gasteiger partial charge in [-0.2, -0.15) is 0 Å². The molecule has 0 saturated carbocycles. The second-order valence-electron chi connectivity index (χ2n) is 6.25. The number of unbranched alkanes of at least 4 members (excludes halogenated alkanes) is 9. The van der Waals surface area contributed by atoms with Crippen molar-refractivity contribution in [1.29, 1.82) is 0 Å². The molecular formula is C17H36N2. The molecule has 0 bridgehead atoms. The topological polar surface area (TPSA) is 29.3 Å². The van der Waals surface area contributed by atoms with Gasteiger partial charge in [-0.1, -0.05) is 64.7 Å². The minimum Gasteiger partial charge on any atom is -0.329 e. The van der Waals surface area contributed by atoms with Crippen molar-refractivity contribution in [1.82, 2.24) is 4.90 Å². The van der Waals surface area contributed by atoms with Crippen molar-refractivity contribution < 1.29 is 0 Å². The molecule has 1 saturated heterocycles. The second kappa shape index (κ2) is 11.7. The average Bonchev–Trinajstić information content (AvgIpc) is 2.88. The van der Waals surface area contributed by atoms with Crippen molar-refractivity contribution in [2.24, 2.45) is 5.73 Å². The van der Waals surface area contributed by atoms with Gasteiger partial charge in [-0.25, -0.2) is 0 Å². The van der Waals surface area contributed by atoms with Gasteiger partial charge in [-0.15, -0.1) is 0 Å². The third-order valence-corrected chi connectivity index (χ3v) is 4.57. The van der Waals surface area contributed by atoms with Gasteiger partial charge in [0.15, 0.2) is 0 Å². The van der Waals surface area contributed by atoms with E-state index < -0.39 is 0 Å². The Hall–Kier alpha value is -0.0800. The average molecular weight is 268 g/mol. The smallest absolute Gasteiger partial charge is 0.0218 e. The van der Waals surface area contributed by atoms with E-state index in [1.165, 1.54) is 90.1 Å². The number of hydrogen-bond donors (Lipinski definition) is 1. The number of nitrogens with zero attached hydrogens (tertiary/aromatic N) is 1. The highest BCUT2D eigenvalue weighted by Gasteiger charge is 2.21. The third-order valence-electron chi connectivity index (χ3n) is 4.57. The monoisotopic (exact) mass is 268 g/mol. The lowest BCUT2D eigenvalue weighted by Gasteiger charge is -2.22. The summed E-state index contributed by atoms with van der Waals surface area (Å²) in [5.74, 6) is 0.